The molecule has 0 radical (unpaired) electrons. The minimum atomic E-state index is -0.456. The average molecular weight is 304 g/mol. The Morgan fingerprint density at radius 3 is 2.38 bits per heavy atom. The minimum absolute atomic E-state index is 0.251. The van der Waals surface area contributed by atoms with Gasteiger partial charge in [-0.05, 0) is 30.0 Å². The SMILES string of the molecule is CCCCC(=O)Oc1ccccc1OC(=O)c1cccs1. The Kier molecular flexibility index (Phi) is 5.51. The molecule has 1 aromatic carbocycles. The summed E-state index contributed by atoms with van der Waals surface area (Å²) in [6, 6.07) is 10.1. The third kappa shape index (κ3) is 4.43. The molecule has 0 aliphatic rings. The highest BCUT2D eigenvalue weighted by atomic mass is 32.1. The zero-order chi connectivity index (χ0) is 15.1. The highest BCUT2D eigenvalue weighted by Gasteiger charge is 2.15. The van der Waals surface area contributed by atoms with Crippen molar-refractivity contribution in [2.45, 2.75) is 26.2 Å². The van der Waals surface area contributed by atoms with Gasteiger partial charge in [-0.2, -0.15) is 0 Å². The van der Waals surface area contributed by atoms with E-state index in [9.17, 15) is 9.59 Å². The quantitative estimate of drug-likeness (QED) is 0.596. The molecule has 0 amide bonds. The van der Waals surface area contributed by atoms with Crippen molar-refractivity contribution in [3.63, 3.8) is 0 Å². The van der Waals surface area contributed by atoms with E-state index < -0.39 is 5.97 Å². The molecule has 4 nitrogen and oxygen atoms in total. The van der Waals surface area contributed by atoms with Crippen LogP contribution in [0.2, 0.25) is 0 Å². The molecule has 110 valence electrons. The Labute approximate surface area is 127 Å². The Hall–Kier alpha value is -2.14. The van der Waals surface area contributed by atoms with Gasteiger partial charge in [0.05, 0.1) is 0 Å². The monoisotopic (exact) mass is 304 g/mol. The molecule has 2 aromatic rings. The number of rotatable bonds is 6. The fourth-order valence-corrected chi connectivity index (χ4v) is 2.26. The van der Waals surface area contributed by atoms with Crippen molar-refractivity contribution in [1.82, 2.24) is 0 Å². The summed E-state index contributed by atoms with van der Waals surface area (Å²) in [6.45, 7) is 2.00. The Morgan fingerprint density at radius 1 is 1.05 bits per heavy atom. The molecule has 0 aliphatic carbocycles. The van der Waals surface area contributed by atoms with E-state index in [1.165, 1.54) is 11.3 Å². The van der Waals surface area contributed by atoms with E-state index in [1.807, 2.05) is 6.92 Å². The number of thiophene rings is 1. The van der Waals surface area contributed by atoms with Gasteiger partial charge in [-0.15, -0.1) is 11.3 Å². The molecule has 0 saturated heterocycles. The van der Waals surface area contributed by atoms with Crippen LogP contribution < -0.4 is 9.47 Å². The maximum Gasteiger partial charge on any atom is 0.353 e. The van der Waals surface area contributed by atoms with Gasteiger partial charge in [-0.3, -0.25) is 4.79 Å². The van der Waals surface area contributed by atoms with Gasteiger partial charge in [0.2, 0.25) is 0 Å². The summed E-state index contributed by atoms with van der Waals surface area (Å²) in [7, 11) is 0. The van der Waals surface area contributed by atoms with Gasteiger partial charge in [-0.1, -0.05) is 31.5 Å². The first-order chi connectivity index (χ1) is 10.2. The smallest absolute Gasteiger partial charge is 0.353 e. The van der Waals surface area contributed by atoms with Crippen LogP contribution >= 0.6 is 11.3 Å². The van der Waals surface area contributed by atoms with Crippen molar-refractivity contribution in [2.24, 2.45) is 0 Å². The predicted octanol–water partition coefficient (Wildman–Crippen LogP) is 4.06. The number of carbonyl (C=O) groups excluding carboxylic acids is 2. The summed E-state index contributed by atoms with van der Waals surface area (Å²) >= 11 is 1.30. The lowest BCUT2D eigenvalue weighted by Gasteiger charge is -2.09. The van der Waals surface area contributed by atoms with Crippen molar-refractivity contribution < 1.29 is 19.1 Å². The van der Waals surface area contributed by atoms with Crippen molar-refractivity contribution in [3.05, 3.63) is 46.7 Å². The Balaban J connectivity index is 2.06. The van der Waals surface area contributed by atoms with Gasteiger partial charge >= 0.3 is 11.9 Å². The number of unbranched alkanes of at least 4 members (excludes halogenated alkanes) is 1. The topological polar surface area (TPSA) is 52.6 Å². The zero-order valence-corrected chi connectivity index (χ0v) is 12.5. The van der Waals surface area contributed by atoms with Crippen LogP contribution in [0.5, 0.6) is 11.5 Å². The zero-order valence-electron chi connectivity index (χ0n) is 11.7. The van der Waals surface area contributed by atoms with E-state index in [4.69, 9.17) is 9.47 Å². The number of esters is 2. The molecule has 0 spiro atoms. The maximum atomic E-state index is 11.9. The van der Waals surface area contributed by atoms with Crippen LogP contribution in [0, 0.1) is 0 Å². The molecule has 5 heteroatoms. The van der Waals surface area contributed by atoms with Crippen LogP contribution in [0.4, 0.5) is 0 Å². The van der Waals surface area contributed by atoms with Gasteiger partial charge in [0, 0.05) is 6.42 Å². The first-order valence-electron chi connectivity index (χ1n) is 6.76. The van der Waals surface area contributed by atoms with Crippen LogP contribution in [0.15, 0.2) is 41.8 Å². The summed E-state index contributed by atoms with van der Waals surface area (Å²) in [5, 5.41) is 1.80. The molecule has 0 N–H and O–H groups in total. The minimum Gasteiger partial charge on any atom is -0.423 e. The lowest BCUT2D eigenvalue weighted by Crippen LogP contribution is -2.11. The number of carbonyl (C=O) groups is 2. The standard InChI is InChI=1S/C16H16O4S/c1-2-3-10-15(17)19-12-7-4-5-8-13(12)20-16(18)14-9-6-11-21-14/h4-9,11H,2-3,10H2,1H3. The third-order valence-electron chi connectivity index (χ3n) is 2.73. The molecule has 0 saturated carbocycles. The van der Waals surface area contributed by atoms with Gasteiger partial charge in [-0.25, -0.2) is 4.79 Å². The maximum absolute atomic E-state index is 11.9. The average Bonchev–Trinajstić information content (AvgIpc) is 3.01. The van der Waals surface area contributed by atoms with E-state index in [1.54, 1.807) is 41.8 Å². The second-order valence-electron chi connectivity index (χ2n) is 4.39. The molecule has 0 bridgehead atoms. The van der Waals surface area contributed by atoms with E-state index in [2.05, 4.69) is 0 Å². The van der Waals surface area contributed by atoms with E-state index in [-0.39, 0.29) is 17.5 Å². The third-order valence-corrected chi connectivity index (χ3v) is 3.58. The summed E-state index contributed by atoms with van der Waals surface area (Å²) in [5.74, 6) is -0.261. The van der Waals surface area contributed by atoms with E-state index in [0.29, 0.717) is 11.3 Å². The molecule has 0 fully saturated rings. The number of ether oxygens (including phenoxy) is 2. The van der Waals surface area contributed by atoms with Crippen LogP contribution in [0.1, 0.15) is 35.9 Å². The normalized spacial score (nSPS) is 10.1. The second kappa shape index (κ2) is 7.59. The first kappa shape index (κ1) is 15.3. The lowest BCUT2D eigenvalue weighted by molar-refractivity contribution is -0.134. The van der Waals surface area contributed by atoms with Gasteiger partial charge in [0.25, 0.3) is 0 Å². The van der Waals surface area contributed by atoms with Crippen LogP contribution in [0.25, 0.3) is 0 Å². The number of hydrogen-bond donors (Lipinski definition) is 0. The fourth-order valence-electron chi connectivity index (χ4n) is 1.66. The summed E-state index contributed by atoms with van der Waals surface area (Å²) in [4.78, 5) is 24.1. The predicted molar refractivity (Wildman–Crippen MR) is 80.9 cm³/mol. The lowest BCUT2D eigenvalue weighted by atomic mass is 10.2. The van der Waals surface area contributed by atoms with Crippen molar-refractivity contribution in [1.29, 1.82) is 0 Å². The van der Waals surface area contributed by atoms with E-state index >= 15 is 0 Å². The summed E-state index contributed by atoms with van der Waals surface area (Å²) in [6.07, 6.45) is 2.05. The largest absolute Gasteiger partial charge is 0.423 e. The van der Waals surface area contributed by atoms with Crippen LogP contribution in [-0.2, 0) is 4.79 Å². The van der Waals surface area contributed by atoms with Crippen molar-refractivity contribution in [3.8, 4) is 11.5 Å². The number of benzene rings is 1. The van der Waals surface area contributed by atoms with Crippen molar-refractivity contribution >= 4 is 23.3 Å². The highest BCUT2D eigenvalue weighted by Crippen LogP contribution is 2.28. The van der Waals surface area contributed by atoms with Crippen molar-refractivity contribution in [2.75, 3.05) is 0 Å². The summed E-state index contributed by atoms with van der Waals surface area (Å²) in [5.41, 5.74) is 0. The van der Waals surface area contributed by atoms with Crippen LogP contribution in [-0.4, -0.2) is 11.9 Å². The fraction of sp³-hybridized carbons (Fsp3) is 0.250. The molecule has 1 heterocycles. The number of para-hydroxylation sites is 2. The van der Waals surface area contributed by atoms with E-state index in [0.717, 1.165) is 12.8 Å². The Morgan fingerprint density at radius 2 is 1.76 bits per heavy atom. The second-order valence-corrected chi connectivity index (χ2v) is 5.34. The van der Waals surface area contributed by atoms with Gasteiger partial charge < -0.3 is 9.47 Å². The molecule has 1 aromatic heterocycles. The number of hydrogen-bond acceptors (Lipinski definition) is 5. The Bertz CT molecular complexity index is 604. The van der Waals surface area contributed by atoms with Gasteiger partial charge in [0.1, 0.15) is 4.88 Å². The summed E-state index contributed by atoms with van der Waals surface area (Å²) < 4.78 is 10.5. The molecular formula is C16H16O4S. The molecule has 2 rings (SSSR count). The molecule has 0 unspecified atom stereocenters. The molecule has 0 aliphatic heterocycles. The van der Waals surface area contributed by atoms with Crippen LogP contribution in [0.3, 0.4) is 0 Å². The molecule has 0 atom stereocenters. The molecular weight excluding hydrogens is 288 g/mol. The highest BCUT2D eigenvalue weighted by molar-refractivity contribution is 7.12. The first-order valence-corrected chi connectivity index (χ1v) is 7.64. The molecule has 21 heavy (non-hydrogen) atoms. The van der Waals surface area contributed by atoms with Gasteiger partial charge in [0.15, 0.2) is 11.5 Å².